The number of aryl methyl sites for hydroxylation is 3. The van der Waals surface area contributed by atoms with Crippen molar-refractivity contribution < 1.29 is 87.7 Å². The van der Waals surface area contributed by atoms with Crippen LogP contribution in [0.4, 0.5) is 17.5 Å². The molecule has 0 aliphatic carbocycles. The van der Waals surface area contributed by atoms with Crippen LogP contribution in [0.3, 0.4) is 0 Å². The molecule has 107 heavy (non-hydrogen) atoms. The van der Waals surface area contributed by atoms with E-state index in [0.717, 1.165) is 0 Å². The summed E-state index contributed by atoms with van der Waals surface area (Å²) in [4.78, 5) is 114. The highest BCUT2D eigenvalue weighted by molar-refractivity contribution is 6.05. The molecule has 31 heteroatoms. The maximum Gasteiger partial charge on any atom is 1.00 e. The lowest BCUT2D eigenvalue weighted by Gasteiger charge is -2.25. The van der Waals surface area contributed by atoms with Crippen LogP contribution in [-0.4, -0.2) is 216 Å². The van der Waals surface area contributed by atoms with Gasteiger partial charge >= 0.3 is 30.4 Å². The van der Waals surface area contributed by atoms with Gasteiger partial charge in [0.15, 0.2) is 24.8 Å². The zero-order valence-electron chi connectivity index (χ0n) is 65.0. The standard InChI is InChI=1S/C25H31N3O9.C22H29N3O6.C21H27N3O6.C6H15N.C2H6/c1-4-17-20(37-19(31)11-10-18(29)30)21(35-13-12-34-3)24(36-17)28-14-15(2)22(27-25(28)33)26-23(32)16-8-6-5-7-9-16;1-5-16-17(29-4)18(30-12-11-28-3)21(31-16)25-13-14(2)19(24-22(25)27)23-20(26)15-9-7-6-8-10-15;1-4-15-16(25)17(29-11-10-28-3)20(30-15)24-12-13(2)18(23-21(24)27)22-19(26)14-8-6-5-7-9-14;1-4-7(5-2)6-3;1-2/h5-9,14,17,20-21,24H,4,10-13H2,1-3H3,(H,29,30)(H,26,27,32,33);6-10,13,16-18,21H,5,11-12H2,1-4H3,(H,23,24,26,27);5-9,12,15-17,20,25H,4,10-11H2,1-3H3,(H,22,23,26,27);4-6H2,1-3H3;1-2H3/p+1/t17-,20?,21+,24-;16-,17?,18+,21-;15-,16?,17+,20-;;/m111../s1. The minimum absolute atomic E-state index is 0. The van der Waals surface area contributed by atoms with Crippen LogP contribution in [0.5, 0.6) is 0 Å². The van der Waals surface area contributed by atoms with Crippen LogP contribution < -0.4 is 33.0 Å². The zero-order valence-corrected chi connectivity index (χ0v) is 64.0. The number of aliphatic hydroxyl groups excluding tert-OH is 1. The highest BCUT2D eigenvalue weighted by Crippen LogP contribution is 2.37. The van der Waals surface area contributed by atoms with Crippen LogP contribution in [0.25, 0.3) is 0 Å². The number of carbonyl (C=O) groups is 5. The number of anilines is 3. The third-order valence-corrected chi connectivity index (χ3v) is 17.3. The Balaban J connectivity index is 0.000000323. The van der Waals surface area contributed by atoms with Gasteiger partial charge in [0.25, 0.3) is 17.7 Å². The average Bonchev–Trinajstić information content (AvgIpc) is 1.58. The number of carbonyl (C=O) groups excluding carboxylic acids is 4. The summed E-state index contributed by atoms with van der Waals surface area (Å²) in [6.07, 6.45) is -2.41. The van der Waals surface area contributed by atoms with Gasteiger partial charge < -0.3 is 83.2 Å². The number of nitrogens with one attached hydrogen (secondary N) is 3. The number of hydrogen-bond acceptors (Lipinski definition) is 24. The Morgan fingerprint density at radius 3 is 1.09 bits per heavy atom. The van der Waals surface area contributed by atoms with Crippen LogP contribution in [-0.2, 0) is 61.7 Å². The van der Waals surface area contributed by atoms with E-state index in [1.807, 2.05) is 46.8 Å². The number of nitrogens with zero attached hydrogens (tertiary/aromatic N) is 7. The van der Waals surface area contributed by atoms with Crippen LogP contribution in [0.1, 0.15) is 155 Å². The zero-order chi connectivity index (χ0) is 78.7. The predicted octanol–water partition coefficient (Wildman–Crippen LogP) is 8.07. The summed E-state index contributed by atoms with van der Waals surface area (Å²) in [7, 11) is 6.25. The number of aliphatic carboxylic acids is 1. The molecule has 3 fully saturated rings. The summed E-state index contributed by atoms with van der Waals surface area (Å²) < 4.78 is 66.0. The van der Waals surface area contributed by atoms with Gasteiger partial charge in [-0.1, -0.05) is 110 Å². The van der Waals surface area contributed by atoms with E-state index in [0.29, 0.717) is 72.5 Å². The van der Waals surface area contributed by atoms with Crippen molar-refractivity contribution in [2.75, 3.05) is 104 Å². The number of aromatic nitrogens is 6. The Labute approximate surface area is 625 Å². The summed E-state index contributed by atoms with van der Waals surface area (Å²) in [6, 6.07) is 25.9. The number of carboxylic acid groups (broad SMARTS) is 1. The van der Waals surface area contributed by atoms with Gasteiger partial charge in [0.2, 0.25) is 0 Å². The number of amides is 3. The Morgan fingerprint density at radius 2 is 0.785 bits per heavy atom. The number of benzene rings is 3. The van der Waals surface area contributed by atoms with E-state index in [4.69, 9.17) is 57.2 Å². The van der Waals surface area contributed by atoms with E-state index < -0.39 is 96.3 Å². The molecule has 0 saturated carbocycles. The minimum Gasteiger partial charge on any atom is -0.481 e. The van der Waals surface area contributed by atoms with Crippen molar-refractivity contribution in [2.45, 2.75) is 182 Å². The number of aliphatic hydroxyl groups is 1. The number of hydrogen-bond donors (Lipinski definition) is 5. The molecule has 6 aromatic rings. The number of esters is 1. The molecule has 3 amide bonds. The quantitative estimate of drug-likeness (QED) is 0.0197. The SMILES string of the molecule is CC.CCN(CC)CC.CC[C@H]1O[C@@H](n2cc(C)c(NC(=O)c3ccccc3)nc2=O)[C@@H](OCCOC)C1O.CC[C@H]1O[C@@H](n2cc(C)c(NC(=O)c3ccccc3)nc2=O)[C@@H](OCCOC)C1OC.CC[C@H]1O[C@@H](n2cc(C)c(NC(=O)c3ccccc3)nc2=O)[C@@H](OCCOC)C1OC(=O)CCC(=O)O.[H+]. The molecule has 3 aromatic carbocycles. The van der Waals surface area contributed by atoms with E-state index in [1.165, 1.54) is 46.6 Å². The van der Waals surface area contributed by atoms with Gasteiger partial charge in [-0.25, -0.2) is 14.4 Å². The Hall–Kier alpha value is -8.83. The summed E-state index contributed by atoms with van der Waals surface area (Å²) in [5, 5.41) is 27.4. The molecule has 9 rings (SSSR count). The molecule has 0 radical (unpaired) electrons. The minimum atomic E-state index is -1.12. The van der Waals surface area contributed by atoms with Gasteiger partial charge in [0.1, 0.15) is 48.0 Å². The molecule has 12 atom stereocenters. The van der Waals surface area contributed by atoms with E-state index in [2.05, 4.69) is 56.6 Å². The van der Waals surface area contributed by atoms with Crippen molar-refractivity contribution in [1.29, 1.82) is 0 Å². The largest absolute Gasteiger partial charge is 1.00 e. The van der Waals surface area contributed by atoms with Gasteiger partial charge in [-0.3, -0.25) is 37.7 Å². The fraction of sp³-hybridized carbons (Fsp3) is 0.539. The highest BCUT2D eigenvalue weighted by Gasteiger charge is 2.50. The second kappa shape index (κ2) is 46.4. The van der Waals surface area contributed by atoms with Crippen molar-refractivity contribution in [2.24, 2.45) is 0 Å². The molecule has 0 bridgehead atoms. The summed E-state index contributed by atoms with van der Waals surface area (Å²) >= 11 is 0. The second-order valence-electron chi connectivity index (χ2n) is 24.4. The summed E-state index contributed by atoms with van der Waals surface area (Å²) in [6.45, 7) is 26.7. The van der Waals surface area contributed by atoms with Crippen molar-refractivity contribution in [3.63, 3.8) is 0 Å². The third-order valence-electron chi connectivity index (χ3n) is 17.3. The number of rotatable bonds is 32. The van der Waals surface area contributed by atoms with Crippen LogP contribution >= 0.6 is 0 Å². The van der Waals surface area contributed by atoms with Crippen LogP contribution in [0, 0.1) is 20.8 Å². The van der Waals surface area contributed by atoms with Gasteiger partial charge in [-0.2, -0.15) is 15.0 Å². The van der Waals surface area contributed by atoms with Gasteiger partial charge in [-0.05, 0) is 96.1 Å². The van der Waals surface area contributed by atoms with Crippen molar-refractivity contribution in [3.8, 4) is 0 Å². The molecule has 6 heterocycles. The van der Waals surface area contributed by atoms with E-state index in [9.17, 15) is 43.5 Å². The molecular formula is C76H109N10O21+. The normalized spacial score (nSPS) is 21.2. The van der Waals surface area contributed by atoms with Crippen molar-refractivity contribution >= 4 is 47.1 Å². The van der Waals surface area contributed by atoms with E-state index in [-0.39, 0.29) is 75.6 Å². The first kappa shape index (κ1) is 88.8. The monoisotopic (exact) mass is 1500 g/mol. The Morgan fingerprint density at radius 1 is 0.467 bits per heavy atom. The fourth-order valence-electron chi connectivity index (χ4n) is 11.6. The van der Waals surface area contributed by atoms with Gasteiger partial charge in [0.05, 0.1) is 70.8 Å². The molecule has 31 nitrogen and oxygen atoms in total. The third kappa shape index (κ3) is 25.7. The Kier molecular flexibility index (Phi) is 38.5. The molecule has 3 aromatic heterocycles. The second-order valence-corrected chi connectivity index (χ2v) is 24.4. The lowest BCUT2D eigenvalue weighted by atomic mass is 10.1. The molecule has 0 spiro atoms. The molecule has 3 aliphatic heterocycles. The average molecular weight is 1500 g/mol. The molecule has 3 unspecified atom stereocenters. The lowest BCUT2D eigenvalue weighted by molar-refractivity contribution is -0.160. The fourth-order valence-corrected chi connectivity index (χ4v) is 11.6. The first-order chi connectivity index (χ1) is 51.5. The Bertz CT molecular complexity index is 3890. The molecular weight excluding hydrogens is 1390 g/mol. The van der Waals surface area contributed by atoms with E-state index >= 15 is 0 Å². The van der Waals surface area contributed by atoms with Crippen molar-refractivity contribution in [3.05, 3.63) is 174 Å². The van der Waals surface area contributed by atoms with E-state index in [1.54, 1.807) is 133 Å². The van der Waals surface area contributed by atoms with Crippen LogP contribution in [0.15, 0.2) is 124 Å². The predicted molar refractivity (Wildman–Crippen MR) is 400 cm³/mol. The number of methoxy groups -OCH3 is 4. The molecule has 3 aliphatic rings. The maximum atomic E-state index is 13.0. The number of ether oxygens (including phenoxy) is 11. The smallest absolute Gasteiger partial charge is 0.481 e. The lowest BCUT2D eigenvalue weighted by Crippen LogP contribution is -2.41. The van der Waals surface area contributed by atoms with Crippen molar-refractivity contribution in [1.82, 2.24) is 33.6 Å². The highest BCUT2D eigenvalue weighted by atomic mass is 16.6. The first-order valence-electron chi connectivity index (χ1n) is 36.1. The first-order valence-corrected chi connectivity index (χ1v) is 36.1. The maximum absolute atomic E-state index is 13.0. The van der Waals surface area contributed by atoms with Gasteiger partial charge in [-0.15, -0.1) is 0 Å². The summed E-state index contributed by atoms with van der Waals surface area (Å²) in [5.41, 5.74) is 1.19. The van der Waals surface area contributed by atoms with Gasteiger partial charge in [0, 0.05) is 80.4 Å². The molecule has 3 saturated heterocycles. The van der Waals surface area contributed by atoms with Crippen LogP contribution in [0.2, 0.25) is 0 Å². The topological polar surface area (TPSA) is 371 Å². The summed E-state index contributed by atoms with van der Waals surface area (Å²) in [5.74, 6) is -2.45. The molecule has 5 N–H and O–H groups in total. The molecule has 588 valence electrons. The number of carboxylic acids is 1.